The highest BCUT2D eigenvalue weighted by Gasteiger charge is 2.38. The van der Waals surface area contributed by atoms with E-state index in [9.17, 15) is 13.6 Å². The van der Waals surface area contributed by atoms with E-state index in [0.29, 0.717) is 24.5 Å². The van der Waals surface area contributed by atoms with Crippen molar-refractivity contribution >= 4 is 5.97 Å². The van der Waals surface area contributed by atoms with Gasteiger partial charge in [0.25, 0.3) is 0 Å². The van der Waals surface area contributed by atoms with E-state index in [2.05, 4.69) is 23.8 Å². The highest BCUT2D eigenvalue weighted by molar-refractivity contribution is 5.89. The molecule has 5 heteroatoms. The zero-order valence-electron chi connectivity index (χ0n) is 16.8. The van der Waals surface area contributed by atoms with Crippen LogP contribution in [0.25, 0.3) is 0 Å². The Bertz CT molecular complexity index is 693. The van der Waals surface area contributed by atoms with Crippen LogP contribution in [0, 0.1) is 23.5 Å². The number of benzene rings is 1. The number of methoxy groups -OCH3 is 1. The first-order chi connectivity index (χ1) is 13.5. The van der Waals surface area contributed by atoms with Crippen molar-refractivity contribution in [2.75, 3.05) is 13.7 Å². The van der Waals surface area contributed by atoms with E-state index in [1.54, 1.807) is 0 Å². The van der Waals surface area contributed by atoms with Crippen LogP contribution in [0.15, 0.2) is 24.3 Å². The van der Waals surface area contributed by atoms with E-state index in [-0.39, 0.29) is 17.0 Å². The van der Waals surface area contributed by atoms with Crippen LogP contribution in [0.1, 0.15) is 73.7 Å². The smallest absolute Gasteiger partial charge is 0.338 e. The number of rotatable bonds is 6. The summed E-state index contributed by atoms with van der Waals surface area (Å²) in [7, 11) is 1.20. The van der Waals surface area contributed by atoms with Gasteiger partial charge in [0.2, 0.25) is 0 Å². The minimum Gasteiger partial charge on any atom is -0.465 e. The van der Waals surface area contributed by atoms with Gasteiger partial charge in [0.15, 0.2) is 0 Å². The monoisotopic (exact) mass is 392 g/mol. The normalized spacial score (nSPS) is 27.6. The van der Waals surface area contributed by atoms with E-state index in [1.807, 2.05) is 0 Å². The van der Waals surface area contributed by atoms with E-state index in [4.69, 9.17) is 4.74 Å². The second-order valence-corrected chi connectivity index (χ2v) is 8.02. The van der Waals surface area contributed by atoms with Crippen molar-refractivity contribution in [1.29, 1.82) is 0 Å². The Balaban J connectivity index is 1.62. The molecule has 3 rings (SSSR count). The fourth-order valence-corrected chi connectivity index (χ4v) is 4.90. The number of hydrogen-bond donors (Lipinski definition) is 0. The molecule has 0 bridgehead atoms. The van der Waals surface area contributed by atoms with Crippen molar-refractivity contribution in [3.8, 4) is 0 Å². The van der Waals surface area contributed by atoms with Crippen LogP contribution in [0.3, 0.4) is 0 Å². The van der Waals surface area contributed by atoms with Gasteiger partial charge in [-0.1, -0.05) is 19.1 Å². The Kier molecular flexibility index (Phi) is 7.22. The second kappa shape index (κ2) is 9.64. The first-order valence-electron chi connectivity index (χ1n) is 10.4. The molecule has 1 aromatic rings. The molecule has 2 aliphatic rings. The van der Waals surface area contributed by atoms with Crippen molar-refractivity contribution in [3.05, 3.63) is 47.0 Å². The van der Waals surface area contributed by atoms with Gasteiger partial charge in [-0.3, -0.25) is 0 Å². The Labute approximate surface area is 166 Å². The third kappa shape index (κ3) is 4.80. The largest absolute Gasteiger partial charge is 0.465 e. The van der Waals surface area contributed by atoms with Gasteiger partial charge in [-0.25, -0.2) is 13.6 Å². The molecule has 0 aliphatic heterocycles. The fourth-order valence-electron chi connectivity index (χ4n) is 4.90. The lowest BCUT2D eigenvalue weighted by atomic mass is 9.65. The lowest BCUT2D eigenvalue weighted by Gasteiger charge is -2.42. The molecule has 0 saturated heterocycles. The highest BCUT2D eigenvalue weighted by atomic mass is 19.1. The Morgan fingerprint density at radius 2 is 1.75 bits per heavy atom. The number of ether oxygens (including phenoxy) is 2. The maximum Gasteiger partial charge on any atom is 0.338 e. The van der Waals surface area contributed by atoms with Crippen molar-refractivity contribution in [2.24, 2.45) is 11.8 Å². The third-order valence-corrected chi connectivity index (χ3v) is 6.30. The summed E-state index contributed by atoms with van der Waals surface area (Å²) >= 11 is 0. The number of halogens is 2. The molecule has 0 spiro atoms. The molecule has 3 nitrogen and oxygen atoms in total. The number of carbonyl (C=O) groups excluding carboxylic acids is 1. The first-order valence-corrected chi connectivity index (χ1v) is 10.4. The first kappa shape index (κ1) is 21.0. The number of esters is 1. The van der Waals surface area contributed by atoms with Crippen molar-refractivity contribution in [1.82, 2.24) is 0 Å². The van der Waals surface area contributed by atoms with Gasteiger partial charge in [0.1, 0.15) is 11.6 Å². The number of allylic oxidation sites excluding steroid dienone is 1. The van der Waals surface area contributed by atoms with Crippen LogP contribution in [0.2, 0.25) is 0 Å². The highest BCUT2D eigenvalue weighted by Crippen LogP contribution is 2.47. The minimum absolute atomic E-state index is 0.0790. The van der Waals surface area contributed by atoms with E-state index in [1.165, 1.54) is 7.11 Å². The van der Waals surface area contributed by atoms with E-state index >= 15 is 0 Å². The van der Waals surface area contributed by atoms with Crippen LogP contribution >= 0.6 is 0 Å². The molecule has 4 atom stereocenters. The quantitative estimate of drug-likeness (QED) is 0.454. The van der Waals surface area contributed by atoms with Crippen LogP contribution in [0.5, 0.6) is 0 Å². The van der Waals surface area contributed by atoms with Gasteiger partial charge in [-0.15, -0.1) is 0 Å². The summed E-state index contributed by atoms with van der Waals surface area (Å²) < 4.78 is 39.8. The molecule has 0 aromatic heterocycles. The minimum atomic E-state index is -0.722. The average Bonchev–Trinajstić information content (AvgIpc) is 2.70. The zero-order chi connectivity index (χ0) is 20.1. The molecule has 0 amide bonds. The lowest BCUT2D eigenvalue weighted by Crippen LogP contribution is -2.34. The SMILES string of the molecule is CC/C=C/COC1CCC2CC(c3c(F)cc(C(=O)OC)cc3F)CCC2C1. The predicted octanol–water partition coefficient (Wildman–Crippen LogP) is 5.79. The molecule has 0 N–H and O–H groups in total. The molecule has 0 radical (unpaired) electrons. The number of carbonyl (C=O) groups is 1. The molecule has 2 fully saturated rings. The van der Waals surface area contributed by atoms with Crippen LogP contribution in [0.4, 0.5) is 8.78 Å². The summed E-state index contributed by atoms with van der Waals surface area (Å²) in [4.78, 5) is 11.6. The predicted molar refractivity (Wildman–Crippen MR) is 104 cm³/mol. The number of fused-ring (bicyclic) bond motifs is 1. The average molecular weight is 392 g/mol. The Morgan fingerprint density at radius 3 is 2.43 bits per heavy atom. The Morgan fingerprint density at radius 1 is 1.07 bits per heavy atom. The molecular formula is C23H30F2O3. The maximum atomic E-state index is 14.6. The number of hydrogen-bond acceptors (Lipinski definition) is 3. The van der Waals surface area contributed by atoms with Gasteiger partial charge in [0, 0.05) is 5.56 Å². The van der Waals surface area contributed by atoms with Crippen molar-refractivity contribution < 1.29 is 23.0 Å². The second-order valence-electron chi connectivity index (χ2n) is 8.02. The fraction of sp³-hybridized carbons (Fsp3) is 0.609. The molecule has 0 heterocycles. The van der Waals surface area contributed by atoms with E-state index < -0.39 is 17.6 Å². The van der Waals surface area contributed by atoms with E-state index in [0.717, 1.165) is 57.1 Å². The van der Waals surface area contributed by atoms with Gasteiger partial charge in [-0.2, -0.15) is 0 Å². The van der Waals surface area contributed by atoms with Gasteiger partial charge >= 0.3 is 5.97 Å². The lowest BCUT2D eigenvalue weighted by molar-refractivity contribution is -0.00352. The van der Waals surface area contributed by atoms with Gasteiger partial charge in [-0.05, 0) is 74.8 Å². The topological polar surface area (TPSA) is 35.5 Å². The summed E-state index contributed by atoms with van der Waals surface area (Å²) in [6.07, 6.45) is 11.2. The molecule has 1 aromatic carbocycles. The van der Waals surface area contributed by atoms with Gasteiger partial charge in [0.05, 0.1) is 25.4 Å². The summed E-state index contributed by atoms with van der Waals surface area (Å²) in [5.74, 6) is -1.06. The molecule has 28 heavy (non-hydrogen) atoms. The van der Waals surface area contributed by atoms with Crippen molar-refractivity contribution in [2.45, 2.75) is 63.9 Å². The summed E-state index contributed by atoms with van der Waals surface area (Å²) in [6, 6.07) is 2.20. The summed E-state index contributed by atoms with van der Waals surface area (Å²) in [6.45, 7) is 2.77. The molecule has 2 saturated carbocycles. The third-order valence-electron chi connectivity index (χ3n) is 6.30. The van der Waals surface area contributed by atoms with Crippen LogP contribution in [-0.4, -0.2) is 25.8 Å². The summed E-state index contributed by atoms with van der Waals surface area (Å²) in [5.41, 5.74) is 0.0545. The van der Waals surface area contributed by atoms with Crippen LogP contribution < -0.4 is 0 Å². The molecule has 154 valence electrons. The molecular weight excluding hydrogens is 362 g/mol. The Hall–Kier alpha value is -1.75. The maximum absolute atomic E-state index is 14.6. The molecule has 2 aliphatic carbocycles. The summed E-state index contributed by atoms with van der Waals surface area (Å²) in [5, 5.41) is 0. The van der Waals surface area contributed by atoms with Crippen molar-refractivity contribution in [3.63, 3.8) is 0 Å². The zero-order valence-corrected chi connectivity index (χ0v) is 16.8. The van der Waals surface area contributed by atoms with Crippen LogP contribution in [-0.2, 0) is 9.47 Å². The standard InChI is InChI=1S/C23H30F2O3/c1-3-4-5-10-28-19-9-8-15-11-17(7-6-16(15)12-19)22-20(24)13-18(14-21(22)25)23(26)27-2/h4-5,13-17,19H,3,6-12H2,1-2H3/b5-4+. The molecule has 4 unspecified atom stereocenters. The van der Waals surface area contributed by atoms with Gasteiger partial charge < -0.3 is 9.47 Å².